The highest BCUT2D eigenvalue weighted by Gasteiger charge is 2.05. The summed E-state index contributed by atoms with van der Waals surface area (Å²) in [4.78, 5) is 26.7. The summed E-state index contributed by atoms with van der Waals surface area (Å²) in [7, 11) is 0. The first-order valence-corrected chi connectivity index (χ1v) is 8.70. The minimum atomic E-state index is -0.0695. The Balaban J connectivity index is 1.61. The summed E-state index contributed by atoms with van der Waals surface area (Å²) in [6.45, 7) is 4.33. The van der Waals surface area contributed by atoms with Gasteiger partial charge in [-0.05, 0) is 73.7 Å². The lowest BCUT2D eigenvalue weighted by Gasteiger charge is -2.08. The number of carbonyl (C=O) groups excluding carboxylic acids is 1. The summed E-state index contributed by atoms with van der Waals surface area (Å²) in [5.41, 5.74) is 3.24. The Morgan fingerprint density at radius 1 is 1.12 bits per heavy atom. The van der Waals surface area contributed by atoms with Crippen molar-refractivity contribution in [2.75, 3.05) is 11.9 Å². The fourth-order valence-corrected chi connectivity index (χ4v) is 2.80. The van der Waals surface area contributed by atoms with Gasteiger partial charge in [-0.3, -0.25) is 9.59 Å². The van der Waals surface area contributed by atoms with Crippen LogP contribution in [0.2, 0.25) is 0 Å². The minimum Gasteiger partial charge on any atom is -0.494 e. The number of aromatic amines is 1. The number of H-pyrrole nitrogens is 1. The largest absolute Gasteiger partial charge is 0.494 e. The van der Waals surface area contributed by atoms with Crippen molar-refractivity contribution >= 4 is 22.5 Å². The molecule has 26 heavy (non-hydrogen) atoms. The highest BCUT2D eigenvalue weighted by molar-refractivity contribution is 5.91. The molecular weight excluding hydrogens is 328 g/mol. The summed E-state index contributed by atoms with van der Waals surface area (Å²) in [6, 6.07) is 15.1. The summed E-state index contributed by atoms with van der Waals surface area (Å²) in [5, 5.41) is 3.87. The third kappa shape index (κ3) is 4.30. The van der Waals surface area contributed by atoms with Gasteiger partial charge in [-0.2, -0.15) is 0 Å². The zero-order valence-corrected chi connectivity index (χ0v) is 15.0. The summed E-state index contributed by atoms with van der Waals surface area (Å²) in [6.07, 6.45) is 1.03. The van der Waals surface area contributed by atoms with Crippen molar-refractivity contribution in [1.82, 2.24) is 4.98 Å². The highest BCUT2D eigenvalue weighted by Crippen LogP contribution is 2.17. The van der Waals surface area contributed by atoms with Gasteiger partial charge in [0.1, 0.15) is 5.75 Å². The molecule has 1 aromatic heterocycles. The van der Waals surface area contributed by atoms with Gasteiger partial charge >= 0.3 is 0 Å². The second-order valence-electron chi connectivity index (χ2n) is 6.21. The molecule has 1 heterocycles. The molecule has 5 heteroatoms. The average Bonchev–Trinajstić information content (AvgIpc) is 2.63. The maximum absolute atomic E-state index is 12.2. The Kier molecular flexibility index (Phi) is 5.37. The molecular formula is C21H22N2O3. The van der Waals surface area contributed by atoms with E-state index in [0.717, 1.165) is 27.9 Å². The normalized spacial score (nSPS) is 10.7. The average molecular weight is 350 g/mol. The number of benzene rings is 2. The number of amides is 1. The third-order valence-electron chi connectivity index (χ3n) is 4.18. The predicted octanol–water partition coefficient (Wildman–Crippen LogP) is 3.81. The van der Waals surface area contributed by atoms with Crippen LogP contribution in [0.3, 0.4) is 0 Å². The first-order valence-electron chi connectivity index (χ1n) is 8.70. The van der Waals surface area contributed by atoms with Crippen LogP contribution in [0.5, 0.6) is 5.75 Å². The quantitative estimate of drug-likeness (QED) is 0.710. The number of pyridine rings is 1. The second-order valence-corrected chi connectivity index (χ2v) is 6.21. The van der Waals surface area contributed by atoms with Crippen molar-refractivity contribution in [3.8, 4) is 5.75 Å². The van der Waals surface area contributed by atoms with E-state index in [1.165, 1.54) is 0 Å². The molecule has 0 aliphatic carbocycles. The number of anilines is 1. The lowest BCUT2D eigenvalue weighted by Crippen LogP contribution is -2.12. The minimum absolute atomic E-state index is 0.0353. The van der Waals surface area contributed by atoms with Gasteiger partial charge in [-0.25, -0.2) is 0 Å². The highest BCUT2D eigenvalue weighted by atomic mass is 16.5. The van der Waals surface area contributed by atoms with E-state index in [4.69, 9.17) is 4.74 Å². The van der Waals surface area contributed by atoms with E-state index >= 15 is 0 Å². The van der Waals surface area contributed by atoms with Crippen LogP contribution in [0.4, 0.5) is 5.69 Å². The second kappa shape index (κ2) is 7.87. The van der Waals surface area contributed by atoms with Crippen molar-refractivity contribution in [1.29, 1.82) is 0 Å². The number of nitrogens with one attached hydrogen (secondary N) is 2. The van der Waals surface area contributed by atoms with Gasteiger partial charge in [0.2, 0.25) is 5.91 Å². The van der Waals surface area contributed by atoms with Crippen molar-refractivity contribution in [3.05, 3.63) is 70.0 Å². The Hall–Kier alpha value is -3.08. The monoisotopic (exact) mass is 350 g/mol. The van der Waals surface area contributed by atoms with E-state index in [1.54, 1.807) is 6.92 Å². The number of aryl methyl sites for hydroxylation is 2. The Morgan fingerprint density at radius 3 is 2.62 bits per heavy atom. The van der Waals surface area contributed by atoms with Gasteiger partial charge in [0.25, 0.3) is 5.56 Å². The SMILES string of the molecule is CCOc1ccc(NC(=O)CCc2ccc3[nH]c(=O)c(C)cc3c2)cc1. The maximum Gasteiger partial charge on any atom is 0.251 e. The molecule has 0 bridgehead atoms. The van der Waals surface area contributed by atoms with E-state index in [0.29, 0.717) is 25.0 Å². The van der Waals surface area contributed by atoms with Crippen LogP contribution in [0.1, 0.15) is 24.5 Å². The van der Waals surface area contributed by atoms with Crippen LogP contribution in [-0.4, -0.2) is 17.5 Å². The molecule has 134 valence electrons. The van der Waals surface area contributed by atoms with Crippen LogP contribution in [0.25, 0.3) is 10.9 Å². The molecule has 0 atom stereocenters. The molecule has 0 spiro atoms. The van der Waals surface area contributed by atoms with Crippen molar-refractivity contribution in [2.24, 2.45) is 0 Å². The number of ether oxygens (including phenoxy) is 1. The lowest BCUT2D eigenvalue weighted by atomic mass is 10.1. The third-order valence-corrected chi connectivity index (χ3v) is 4.18. The molecule has 0 unspecified atom stereocenters. The van der Waals surface area contributed by atoms with Gasteiger partial charge < -0.3 is 15.0 Å². The first-order chi connectivity index (χ1) is 12.5. The van der Waals surface area contributed by atoms with Crippen LogP contribution >= 0.6 is 0 Å². The summed E-state index contributed by atoms with van der Waals surface area (Å²) >= 11 is 0. The zero-order valence-electron chi connectivity index (χ0n) is 15.0. The van der Waals surface area contributed by atoms with E-state index in [-0.39, 0.29) is 11.5 Å². The van der Waals surface area contributed by atoms with Gasteiger partial charge in [-0.15, -0.1) is 0 Å². The number of fused-ring (bicyclic) bond motifs is 1. The van der Waals surface area contributed by atoms with Crippen LogP contribution in [-0.2, 0) is 11.2 Å². The number of aromatic nitrogens is 1. The molecule has 0 aliphatic heterocycles. The molecule has 0 saturated heterocycles. The predicted molar refractivity (Wildman–Crippen MR) is 104 cm³/mol. The van der Waals surface area contributed by atoms with Crippen molar-refractivity contribution in [2.45, 2.75) is 26.7 Å². The number of hydrogen-bond donors (Lipinski definition) is 2. The molecule has 0 radical (unpaired) electrons. The summed E-state index contributed by atoms with van der Waals surface area (Å²) in [5.74, 6) is 0.752. The van der Waals surface area contributed by atoms with Crippen LogP contribution in [0.15, 0.2) is 53.3 Å². The molecule has 2 aromatic carbocycles. The van der Waals surface area contributed by atoms with Crippen LogP contribution < -0.4 is 15.6 Å². The van der Waals surface area contributed by atoms with E-state index in [2.05, 4.69) is 10.3 Å². The number of carbonyl (C=O) groups is 1. The van der Waals surface area contributed by atoms with Gasteiger partial charge in [-0.1, -0.05) is 6.07 Å². The lowest BCUT2D eigenvalue weighted by molar-refractivity contribution is -0.116. The van der Waals surface area contributed by atoms with E-state index in [1.807, 2.05) is 55.5 Å². The maximum atomic E-state index is 12.2. The molecule has 3 rings (SSSR count). The Bertz CT molecular complexity index is 975. The van der Waals surface area contributed by atoms with Crippen LogP contribution in [0, 0.1) is 6.92 Å². The molecule has 3 aromatic rings. The molecule has 0 saturated carbocycles. The smallest absolute Gasteiger partial charge is 0.251 e. The van der Waals surface area contributed by atoms with Crippen molar-refractivity contribution in [3.63, 3.8) is 0 Å². The van der Waals surface area contributed by atoms with Crippen molar-refractivity contribution < 1.29 is 9.53 Å². The molecule has 0 fully saturated rings. The molecule has 0 aliphatic rings. The number of rotatable bonds is 6. The van der Waals surface area contributed by atoms with Gasteiger partial charge in [0.15, 0.2) is 0 Å². The topological polar surface area (TPSA) is 71.2 Å². The van der Waals surface area contributed by atoms with E-state index < -0.39 is 0 Å². The van der Waals surface area contributed by atoms with Gasteiger partial charge in [0.05, 0.1) is 6.61 Å². The fourth-order valence-electron chi connectivity index (χ4n) is 2.80. The standard InChI is InChI=1S/C21H22N2O3/c1-3-26-18-8-6-17(7-9-18)22-20(24)11-5-15-4-10-19-16(13-15)12-14(2)21(25)23-19/h4,6-10,12-13H,3,5,11H2,1-2H3,(H,22,24)(H,23,25). The molecule has 5 nitrogen and oxygen atoms in total. The molecule has 2 N–H and O–H groups in total. The fraction of sp³-hybridized carbons (Fsp3) is 0.238. The van der Waals surface area contributed by atoms with E-state index in [9.17, 15) is 9.59 Å². The zero-order chi connectivity index (χ0) is 18.5. The Morgan fingerprint density at radius 2 is 1.88 bits per heavy atom. The molecule has 1 amide bonds. The first kappa shape index (κ1) is 17.7. The summed E-state index contributed by atoms with van der Waals surface area (Å²) < 4.78 is 5.39. The Labute approximate surface area is 152 Å². The van der Waals surface area contributed by atoms with Gasteiger partial charge in [0, 0.05) is 23.2 Å². The number of hydrogen-bond acceptors (Lipinski definition) is 3.